The van der Waals surface area contributed by atoms with Crippen LogP contribution in [-0.2, 0) is 13.0 Å². The molecule has 0 saturated carbocycles. The van der Waals surface area contributed by atoms with Gasteiger partial charge in [-0.05, 0) is 18.2 Å². The van der Waals surface area contributed by atoms with Gasteiger partial charge >= 0.3 is 0 Å². The lowest BCUT2D eigenvalue weighted by Crippen LogP contribution is -2.42. The Kier molecular flexibility index (Phi) is 8.08. The highest BCUT2D eigenvalue weighted by Gasteiger charge is 2.06. The summed E-state index contributed by atoms with van der Waals surface area (Å²) < 4.78 is 7.14. The van der Waals surface area contributed by atoms with E-state index in [1.54, 1.807) is 44.8 Å². The number of amides is 1. The van der Waals surface area contributed by atoms with Crippen molar-refractivity contribution in [2.24, 2.45) is 4.99 Å². The smallest absolute Gasteiger partial charge is 0.251 e. The number of aliphatic imine (C=N–C) groups is 1. The van der Waals surface area contributed by atoms with E-state index in [0.717, 1.165) is 18.8 Å². The minimum absolute atomic E-state index is 0.140. The number of nitrogens with zero attached hydrogens (tertiary/aromatic N) is 4. The predicted octanol–water partition coefficient (Wildman–Crippen LogP) is 0.444. The quantitative estimate of drug-likeness (QED) is 0.335. The fourth-order valence-corrected chi connectivity index (χ4v) is 2.48. The van der Waals surface area contributed by atoms with Crippen molar-refractivity contribution >= 4 is 11.9 Å². The minimum atomic E-state index is -0.140. The Bertz CT molecular complexity index is 758. The topological polar surface area (TPSA) is 105 Å². The summed E-state index contributed by atoms with van der Waals surface area (Å²) in [7, 11) is 3.28. The first-order chi connectivity index (χ1) is 13.2. The molecular formula is C18H27N7O2. The summed E-state index contributed by atoms with van der Waals surface area (Å²) in [6.07, 6.45) is 2.57. The largest absolute Gasteiger partial charge is 0.497 e. The van der Waals surface area contributed by atoms with Gasteiger partial charge in [0.05, 0.1) is 7.11 Å². The van der Waals surface area contributed by atoms with Crippen molar-refractivity contribution in [3.8, 4) is 5.75 Å². The summed E-state index contributed by atoms with van der Waals surface area (Å²) in [5, 5.41) is 17.2. The highest BCUT2D eigenvalue weighted by Crippen LogP contribution is 2.12. The lowest BCUT2D eigenvalue weighted by atomic mass is 10.2. The van der Waals surface area contributed by atoms with Crippen LogP contribution in [0, 0.1) is 0 Å². The van der Waals surface area contributed by atoms with E-state index in [9.17, 15) is 4.79 Å². The van der Waals surface area contributed by atoms with Gasteiger partial charge in [-0.15, -0.1) is 10.2 Å². The van der Waals surface area contributed by atoms with E-state index in [4.69, 9.17) is 4.74 Å². The van der Waals surface area contributed by atoms with Gasteiger partial charge in [-0.3, -0.25) is 9.79 Å². The number of benzene rings is 1. The van der Waals surface area contributed by atoms with E-state index < -0.39 is 0 Å². The van der Waals surface area contributed by atoms with Crippen molar-refractivity contribution in [2.75, 3.05) is 33.8 Å². The third-order valence-electron chi connectivity index (χ3n) is 3.92. The molecule has 3 N–H and O–H groups in total. The van der Waals surface area contributed by atoms with Crippen LogP contribution in [0.3, 0.4) is 0 Å². The zero-order valence-electron chi connectivity index (χ0n) is 16.0. The number of aromatic nitrogens is 3. The molecule has 1 amide bonds. The Morgan fingerprint density at radius 3 is 2.74 bits per heavy atom. The summed E-state index contributed by atoms with van der Waals surface area (Å²) in [5.41, 5.74) is 0.567. The molecule has 1 aromatic carbocycles. The molecule has 0 bridgehead atoms. The minimum Gasteiger partial charge on any atom is -0.497 e. The van der Waals surface area contributed by atoms with Gasteiger partial charge in [-0.25, -0.2) is 0 Å². The molecule has 9 nitrogen and oxygen atoms in total. The van der Waals surface area contributed by atoms with E-state index in [2.05, 4.69) is 31.1 Å². The molecule has 0 unspecified atom stereocenters. The highest BCUT2D eigenvalue weighted by molar-refractivity contribution is 5.94. The van der Waals surface area contributed by atoms with Crippen molar-refractivity contribution in [2.45, 2.75) is 19.9 Å². The zero-order valence-corrected chi connectivity index (χ0v) is 16.0. The van der Waals surface area contributed by atoms with Crippen LogP contribution in [0.4, 0.5) is 0 Å². The summed E-state index contributed by atoms with van der Waals surface area (Å²) >= 11 is 0. The van der Waals surface area contributed by atoms with E-state index in [0.29, 0.717) is 36.9 Å². The van der Waals surface area contributed by atoms with Crippen molar-refractivity contribution in [3.63, 3.8) is 0 Å². The molecule has 1 aromatic heterocycles. The lowest BCUT2D eigenvalue weighted by Gasteiger charge is -2.13. The van der Waals surface area contributed by atoms with Crippen LogP contribution in [-0.4, -0.2) is 60.4 Å². The molecule has 27 heavy (non-hydrogen) atoms. The normalized spacial score (nSPS) is 11.1. The number of carbonyl (C=O) groups excluding carboxylic acids is 1. The number of hydrogen-bond donors (Lipinski definition) is 3. The van der Waals surface area contributed by atoms with E-state index in [-0.39, 0.29) is 5.91 Å². The zero-order chi connectivity index (χ0) is 19.5. The van der Waals surface area contributed by atoms with Crippen LogP contribution in [0.5, 0.6) is 5.75 Å². The molecule has 9 heteroatoms. The molecule has 1 heterocycles. The molecule has 0 aliphatic rings. The molecule has 0 atom stereocenters. The first-order valence-electron chi connectivity index (χ1n) is 8.91. The lowest BCUT2D eigenvalue weighted by molar-refractivity contribution is 0.0954. The maximum Gasteiger partial charge on any atom is 0.251 e. The molecule has 2 rings (SSSR count). The number of ether oxygens (including phenoxy) is 1. The summed E-state index contributed by atoms with van der Waals surface area (Å²) in [6.45, 7) is 4.53. The van der Waals surface area contributed by atoms with Crippen LogP contribution < -0.4 is 20.7 Å². The van der Waals surface area contributed by atoms with Gasteiger partial charge in [-0.1, -0.05) is 13.0 Å². The number of guanidine groups is 1. The Morgan fingerprint density at radius 2 is 2.00 bits per heavy atom. The highest BCUT2D eigenvalue weighted by atomic mass is 16.5. The maximum absolute atomic E-state index is 12.1. The third-order valence-corrected chi connectivity index (χ3v) is 3.92. The Labute approximate surface area is 159 Å². The van der Waals surface area contributed by atoms with E-state index in [1.807, 2.05) is 11.5 Å². The molecule has 0 saturated heterocycles. The van der Waals surface area contributed by atoms with Crippen LogP contribution in [0.25, 0.3) is 0 Å². The molecular weight excluding hydrogens is 346 g/mol. The second kappa shape index (κ2) is 10.8. The molecule has 0 radical (unpaired) electrons. The second-order valence-corrected chi connectivity index (χ2v) is 5.71. The van der Waals surface area contributed by atoms with Crippen molar-refractivity contribution in [1.82, 2.24) is 30.7 Å². The molecule has 0 spiro atoms. The Hall–Kier alpha value is -3.10. The number of methoxy groups -OCH3 is 1. The number of rotatable bonds is 9. The van der Waals surface area contributed by atoms with Crippen LogP contribution >= 0.6 is 0 Å². The molecule has 0 aliphatic carbocycles. The summed E-state index contributed by atoms with van der Waals surface area (Å²) in [4.78, 5) is 16.3. The maximum atomic E-state index is 12.1. The molecule has 2 aromatic rings. The van der Waals surface area contributed by atoms with E-state index in [1.165, 1.54) is 0 Å². The van der Waals surface area contributed by atoms with Gasteiger partial charge in [-0.2, -0.15) is 0 Å². The van der Waals surface area contributed by atoms with Gasteiger partial charge in [0.25, 0.3) is 5.91 Å². The fourth-order valence-electron chi connectivity index (χ4n) is 2.48. The van der Waals surface area contributed by atoms with Gasteiger partial charge in [0, 0.05) is 45.2 Å². The second-order valence-electron chi connectivity index (χ2n) is 5.71. The first kappa shape index (κ1) is 20.2. The van der Waals surface area contributed by atoms with Crippen LogP contribution in [0.1, 0.15) is 23.1 Å². The van der Waals surface area contributed by atoms with Crippen LogP contribution in [0.2, 0.25) is 0 Å². The molecule has 146 valence electrons. The summed E-state index contributed by atoms with van der Waals surface area (Å²) in [5.74, 6) is 2.15. The Balaban J connectivity index is 1.67. The van der Waals surface area contributed by atoms with Crippen molar-refractivity contribution in [3.05, 3.63) is 42.0 Å². The summed E-state index contributed by atoms with van der Waals surface area (Å²) in [6, 6.07) is 7.05. The van der Waals surface area contributed by atoms with E-state index >= 15 is 0 Å². The van der Waals surface area contributed by atoms with Gasteiger partial charge in [0.15, 0.2) is 5.96 Å². The molecule has 0 fully saturated rings. The number of carbonyl (C=O) groups is 1. The van der Waals surface area contributed by atoms with Gasteiger partial charge < -0.3 is 25.3 Å². The fraction of sp³-hybridized carbons (Fsp3) is 0.444. The first-order valence-corrected chi connectivity index (χ1v) is 8.91. The van der Waals surface area contributed by atoms with Gasteiger partial charge in [0.1, 0.15) is 17.9 Å². The van der Waals surface area contributed by atoms with Crippen LogP contribution in [0.15, 0.2) is 35.6 Å². The average molecular weight is 373 g/mol. The standard InChI is InChI=1S/C18H27N7O2/c1-4-16-24-23-13-25(16)11-10-22-18(19-2)21-9-8-20-17(26)14-6-5-7-15(12-14)27-3/h5-7,12-13H,4,8-11H2,1-3H3,(H,20,26)(H2,19,21,22). The monoisotopic (exact) mass is 373 g/mol. The Morgan fingerprint density at radius 1 is 1.22 bits per heavy atom. The number of hydrogen-bond acceptors (Lipinski definition) is 5. The molecule has 0 aliphatic heterocycles. The van der Waals surface area contributed by atoms with Gasteiger partial charge in [0.2, 0.25) is 0 Å². The van der Waals surface area contributed by atoms with Crippen molar-refractivity contribution < 1.29 is 9.53 Å². The number of nitrogens with one attached hydrogen (secondary N) is 3. The SMILES string of the molecule is CCc1nncn1CCNC(=NC)NCCNC(=O)c1cccc(OC)c1. The van der Waals surface area contributed by atoms with Crippen molar-refractivity contribution in [1.29, 1.82) is 0 Å². The predicted molar refractivity (Wildman–Crippen MR) is 104 cm³/mol. The average Bonchev–Trinajstić information content (AvgIpc) is 3.17. The number of aryl methyl sites for hydroxylation is 1. The third kappa shape index (κ3) is 6.28.